The molecule has 2 unspecified atom stereocenters. The molecule has 0 fully saturated rings. The number of unbranched alkanes of at least 4 members (excludes halogenated alkanes) is 25. The van der Waals surface area contributed by atoms with Gasteiger partial charge in [0.15, 0.2) is 12.2 Å². The Morgan fingerprint density at radius 2 is 0.519 bits per heavy atom. The van der Waals surface area contributed by atoms with Crippen LogP contribution in [0.1, 0.15) is 293 Å². The standard InChI is InChI=1S/C62H120O17P2/c1-52(2)38-30-22-14-12-10-9-11-13-15-28-36-44-61(66)78-57(48-72-59(64)42-34-26-19-16-23-31-39-53(3)4)50-76-80(68,69)74-46-56(63)47-75-81(70,71)77-51-58(79-62(67)45-37-29-21-18-25-33-41-55(7)8)49-73-60(65)43-35-27-20-17-24-32-40-54(5)6/h52-58,63H,9-51H2,1-8H3,(H,68,69)(H,70,71)/t56-,57-,58-/m1/s1. The number of hydrogen-bond acceptors (Lipinski definition) is 15. The maximum atomic E-state index is 12.9. The average Bonchev–Trinajstić information content (AvgIpc) is 3.40. The van der Waals surface area contributed by atoms with E-state index >= 15 is 0 Å². The van der Waals surface area contributed by atoms with Crippen molar-refractivity contribution in [2.45, 2.75) is 311 Å². The van der Waals surface area contributed by atoms with Crippen molar-refractivity contribution in [2.24, 2.45) is 23.7 Å². The molecule has 0 rings (SSSR count). The van der Waals surface area contributed by atoms with Gasteiger partial charge in [-0.25, -0.2) is 9.13 Å². The smallest absolute Gasteiger partial charge is 0.462 e. The van der Waals surface area contributed by atoms with Gasteiger partial charge in [0.05, 0.1) is 26.4 Å². The van der Waals surface area contributed by atoms with Crippen molar-refractivity contribution in [1.82, 2.24) is 0 Å². The van der Waals surface area contributed by atoms with Gasteiger partial charge in [-0.3, -0.25) is 37.3 Å². The summed E-state index contributed by atoms with van der Waals surface area (Å²) in [4.78, 5) is 72.0. The number of hydrogen-bond donors (Lipinski definition) is 3. The molecular formula is C62H120O17P2. The Kier molecular flexibility index (Phi) is 51.1. The number of ether oxygens (including phenoxy) is 4. The van der Waals surface area contributed by atoms with Crippen LogP contribution in [0.2, 0.25) is 0 Å². The Labute approximate surface area is 492 Å². The predicted octanol–water partition coefficient (Wildman–Crippen LogP) is 16.6. The number of phosphoric acid groups is 2. The van der Waals surface area contributed by atoms with Crippen LogP contribution in [0.5, 0.6) is 0 Å². The minimum atomic E-state index is -4.94. The first-order chi connectivity index (χ1) is 38.6. The molecule has 0 aliphatic carbocycles. The predicted molar refractivity (Wildman–Crippen MR) is 321 cm³/mol. The minimum absolute atomic E-state index is 0.100. The Balaban J connectivity index is 5.23. The van der Waals surface area contributed by atoms with Crippen molar-refractivity contribution < 1.29 is 80.2 Å². The average molecular weight is 1200 g/mol. The molecule has 0 radical (unpaired) electrons. The quantitative estimate of drug-likeness (QED) is 0.0222. The van der Waals surface area contributed by atoms with E-state index in [1.165, 1.54) is 83.5 Å². The molecule has 81 heavy (non-hydrogen) atoms. The number of esters is 4. The van der Waals surface area contributed by atoms with Crippen molar-refractivity contribution in [3.8, 4) is 0 Å². The Hall–Kier alpha value is -1.94. The van der Waals surface area contributed by atoms with Crippen LogP contribution in [-0.4, -0.2) is 96.7 Å². The van der Waals surface area contributed by atoms with Gasteiger partial charge in [-0.15, -0.1) is 0 Å². The summed E-state index contributed by atoms with van der Waals surface area (Å²) in [6, 6.07) is 0. The fourth-order valence-electron chi connectivity index (χ4n) is 9.08. The molecule has 0 saturated heterocycles. The molecule has 0 spiro atoms. The number of aliphatic hydroxyl groups is 1. The van der Waals surface area contributed by atoms with Gasteiger partial charge in [0.2, 0.25) is 0 Å². The Bertz CT molecular complexity index is 1630. The topological polar surface area (TPSA) is 237 Å². The molecule has 17 nitrogen and oxygen atoms in total. The third-order valence-corrected chi connectivity index (χ3v) is 16.0. The van der Waals surface area contributed by atoms with E-state index < -0.39 is 97.5 Å². The van der Waals surface area contributed by atoms with E-state index in [0.717, 1.165) is 109 Å². The zero-order chi connectivity index (χ0) is 60.4. The lowest BCUT2D eigenvalue weighted by Crippen LogP contribution is -2.30. The highest BCUT2D eigenvalue weighted by molar-refractivity contribution is 7.47. The summed E-state index contributed by atoms with van der Waals surface area (Å²) in [5.74, 6) is 0.645. The van der Waals surface area contributed by atoms with E-state index in [0.29, 0.717) is 43.4 Å². The van der Waals surface area contributed by atoms with E-state index in [2.05, 4.69) is 55.4 Å². The molecule has 0 aromatic carbocycles. The summed E-state index contributed by atoms with van der Waals surface area (Å²) in [5.41, 5.74) is 0. The summed E-state index contributed by atoms with van der Waals surface area (Å²) in [5, 5.41) is 10.5. The second-order valence-corrected chi connectivity index (χ2v) is 27.3. The first-order valence-corrected chi connectivity index (χ1v) is 35.2. The zero-order valence-electron chi connectivity index (χ0n) is 52.4. The fourth-order valence-corrected chi connectivity index (χ4v) is 10.7. The molecule has 0 saturated carbocycles. The van der Waals surface area contributed by atoms with Gasteiger partial charge in [-0.2, -0.15) is 0 Å². The van der Waals surface area contributed by atoms with Gasteiger partial charge in [0.1, 0.15) is 19.3 Å². The number of aliphatic hydroxyl groups excluding tert-OH is 1. The van der Waals surface area contributed by atoms with Crippen molar-refractivity contribution >= 4 is 39.5 Å². The highest BCUT2D eigenvalue weighted by atomic mass is 31.2. The van der Waals surface area contributed by atoms with Gasteiger partial charge < -0.3 is 33.8 Å². The number of carbonyl (C=O) groups is 4. The normalized spacial score (nSPS) is 14.5. The summed E-state index contributed by atoms with van der Waals surface area (Å²) in [7, 11) is -9.88. The van der Waals surface area contributed by atoms with Gasteiger partial charge in [0, 0.05) is 25.7 Å². The molecule has 19 heteroatoms. The second-order valence-electron chi connectivity index (χ2n) is 24.3. The molecule has 480 valence electrons. The van der Waals surface area contributed by atoms with E-state index in [4.69, 9.17) is 37.0 Å². The summed E-state index contributed by atoms with van der Waals surface area (Å²) in [6.07, 6.45) is 31.2. The van der Waals surface area contributed by atoms with Gasteiger partial charge in [-0.05, 0) is 49.4 Å². The maximum Gasteiger partial charge on any atom is 0.472 e. The first-order valence-electron chi connectivity index (χ1n) is 32.2. The van der Waals surface area contributed by atoms with Crippen molar-refractivity contribution in [3.05, 3.63) is 0 Å². The number of rotatable bonds is 59. The second kappa shape index (κ2) is 52.4. The molecule has 0 heterocycles. The van der Waals surface area contributed by atoms with Crippen LogP contribution in [0.25, 0.3) is 0 Å². The lowest BCUT2D eigenvalue weighted by atomic mass is 10.0. The number of phosphoric ester groups is 2. The molecule has 0 aliphatic heterocycles. The fraction of sp³-hybridized carbons (Fsp3) is 0.935. The van der Waals surface area contributed by atoms with E-state index in [9.17, 15) is 43.2 Å². The maximum absolute atomic E-state index is 12.9. The van der Waals surface area contributed by atoms with Crippen LogP contribution in [0, 0.1) is 23.7 Å². The molecule has 0 aromatic rings. The summed E-state index contributed by atoms with van der Waals surface area (Å²) < 4.78 is 67.8. The van der Waals surface area contributed by atoms with E-state index in [1.54, 1.807) is 0 Å². The molecule has 0 aliphatic rings. The third-order valence-electron chi connectivity index (χ3n) is 14.1. The zero-order valence-corrected chi connectivity index (χ0v) is 54.2. The van der Waals surface area contributed by atoms with Gasteiger partial charge in [-0.1, -0.05) is 242 Å². The largest absolute Gasteiger partial charge is 0.472 e. The molecular weight excluding hydrogens is 1080 g/mol. The van der Waals surface area contributed by atoms with Crippen LogP contribution in [0.4, 0.5) is 0 Å². The van der Waals surface area contributed by atoms with Crippen LogP contribution < -0.4 is 0 Å². The van der Waals surface area contributed by atoms with Crippen molar-refractivity contribution in [1.29, 1.82) is 0 Å². The third kappa shape index (κ3) is 56.9. The van der Waals surface area contributed by atoms with Gasteiger partial charge in [0.25, 0.3) is 0 Å². The molecule has 0 bridgehead atoms. The molecule has 5 atom stereocenters. The van der Waals surface area contributed by atoms with E-state index in [1.807, 2.05) is 0 Å². The molecule has 3 N–H and O–H groups in total. The molecule has 0 aromatic heterocycles. The lowest BCUT2D eigenvalue weighted by Gasteiger charge is -2.21. The van der Waals surface area contributed by atoms with Crippen molar-refractivity contribution in [3.63, 3.8) is 0 Å². The van der Waals surface area contributed by atoms with Crippen LogP contribution in [-0.2, 0) is 65.4 Å². The van der Waals surface area contributed by atoms with Crippen LogP contribution in [0.3, 0.4) is 0 Å². The lowest BCUT2D eigenvalue weighted by molar-refractivity contribution is -0.161. The Morgan fingerprint density at radius 1 is 0.309 bits per heavy atom. The Morgan fingerprint density at radius 3 is 0.765 bits per heavy atom. The number of carbonyl (C=O) groups excluding carboxylic acids is 4. The summed E-state index contributed by atoms with van der Waals surface area (Å²) in [6.45, 7) is 13.8. The highest BCUT2D eigenvalue weighted by Gasteiger charge is 2.30. The van der Waals surface area contributed by atoms with E-state index in [-0.39, 0.29) is 25.7 Å². The SMILES string of the molecule is CC(C)CCCCCCCCCCCCCC(=O)O[C@H](COC(=O)CCCCCCCCC(C)C)COP(=O)(O)OC[C@@H](O)COP(=O)(O)OC[C@@H](COC(=O)CCCCCCCCC(C)C)OC(=O)CCCCCCCCC(C)C. The monoisotopic (exact) mass is 1200 g/mol. The van der Waals surface area contributed by atoms with Crippen molar-refractivity contribution in [2.75, 3.05) is 39.6 Å². The van der Waals surface area contributed by atoms with Gasteiger partial charge >= 0.3 is 39.5 Å². The molecule has 0 amide bonds. The first kappa shape index (κ1) is 79.1. The summed E-state index contributed by atoms with van der Waals surface area (Å²) >= 11 is 0. The highest BCUT2D eigenvalue weighted by Crippen LogP contribution is 2.45. The van der Waals surface area contributed by atoms with Crippen LogP contribution in [0.15, 0.2) is 0 Å². The van der Waals surface area contributed by atoms with Crippen LogP contribution >= 0.6 is 15.6 Å². The minimum Gasteiger partial charge on any atom is -0.462 e.